The van der Waals surface area contributed by atoms with Gasteiger partial charge in [-0.25, -0.2) is 0 Å². The molecule has 0 bridgehead atoms. The van der Waals surface area contributed by atoms with Crippen molar-refractivity contribution in [3.8, 4) is 0 Å². The minimum absolute atomic E-state index is 0.127. The van der Waals surface area contributed by atoms with Gasteiger partial charge in [-0.05, 0) is 12.8 Å². The molecular weight excluding hydrogens is 196 g/mol. The molecule has 1 heterocycles. The van der Waals surface area contributed by atoms with Crippen LogP contribution < -0.4 is 0 Å². The van der Waals surface area contributed by atoms with Gasteiger partial charge in [0.25, 0.3) is 0 Å². The second-order valence-corrected chi connectivity index (χ2v) is 5.76. The molecule has 0 aliphatic carbocycles. The summed E-state index contributed by atoms with van der Waals surface area (Å²) in [6, 6.07) is 0. The summed E-state index contributed by atoms with van der Waals surface area (Å²) in [7, 11) is 0. The van der Waals surface area contributed by atoms with Crippen molar-refractivity contribution < 1.29 is 0 Å². The Morgan fingerprint density at radius 1 is 0.812 bits per heavy atom. The number of hydrogen-bond donors (Lipinski definition) is 0. The van der Waals surface area contributed by atoms with Gasteiger partial charge in [-0.2, -0.15) is 0 Å². The predicted molar refractivity (Wildman–Crippen MR) is 68.7 cm³/mol. The normalized spacial score (nSPS) is 12.9. The molecular formula is C14H24N2. The summed E-state index contributed by atoms with van der Waals surface area (Å²) in [5, 5.41) is 0. The van der Waals surface area contributed by atoms with Crippen LogP contribution in [0.5, 0.6) is 0 Å². The van der Waals surface area contributed by atoms with Gasteiger partial charge in [0.15, 0.2) is 0 Å². The third-order valence-corrected chi connectivity index (χ3v) is 3.81. The van der Waals surface area contributed by atoms with Gasteiger partial charge in [-0.3, -0.25) is 9.97 Å². The lowest BCUT2D eigenvalue weighted by Crippen LogP contribution is -2.21. The first-order valence-corrected chi connectivity index (χ1v) is 6.16. The second-order valence-electron chi connectivity index (χ2n) is 5.76. The minimum atomic E-state index is 0.127. The van der Waals surface area contributed by atoms with Crippen molar-refractivity contribution in [3.05, 3.63) is 23.8 Å². The van der Waals surface area contributed by atoms with Crippen LogP contribution >= 0.6 is 0 Å². The van der Waals surface area contributed by atoms with Crippen LogP contribution in [0, 0.1) is 0 Å². The van der Waals surface area contributed by atoms with Crippen molar-refractivity contribution in [1.82, 2.24) is 9.97 Å². The summed E-state index contributed by atoms with van der Waals surface area (Å²) in [6.07, 6.45) is 6.04. The first-order chi connectivity index (χ1) is 7.33. The molecule has 0 N–H and O–H groups in total. The van der Waals surface area contributed by atoms with Crippen molar-refractivity contribution in [1.29, 1.82) is 0 Å². The second kappa shape index (κ2) is 4.52. The number of nitrogens with zero attached hydrogens (tertiary/aromatic N) is 2. The van der Waals surface area contributed by atoms with Gasteiger partial charge in [0, 0.05) is 23.2 Å². The van der Waals surface area contributed by atoms with Crippen molar-refractivity contribution in [3.63, 3.8) is 0 Å². The highest BCUT2D eigenvalue weighted by Gasteiger charge is 2.23. The molecule has 0 saturated heterocycles. The Hall–Kier alpha value is -0.920. The van der Waals surface area contributed by atoms with Gasteiger partial charge in [-0.15, -0.1) is 0 Å². The fourth-order valence-electron chi connectivity index (χ4n) is 1.39. The van der Waals surface area contributed by atoms with Crippen molar-refractivity contribution in [2.75, 3.05) is 0 Å². The van der Waals surface area contributed by atoms with Crippen LogP contribution in [-0.4, -0.2) is 9.97 Å². The van der Waals surface area contributed by atoms with Crippen LogP contribution in [0.15, 0.2) is 12.4 Å². The average Bonchev–Trinajstić information content (AvgIpc) is 2.29. The summed E-state index contributed by atoms with van der Waals surface area (Å²) in [6.45, 7) is 13.2. The molecule has 0 aliphatic rings. The Morgan fingerprint density at radius 2 is 1.12 bits per heavy atom. The lowest BCUT2D eigenvalue weighted by Gasteiger charge is -2.25. The van der Waals surface area contributed by atoms with E-state index in [4.69, 9.17) is 0 Å². The van der Waals surface area contributed by atoms with Crippen LogP contribution in [-0.2, 0) is 10.8 Å². The molecule has 0 aliphatic heterocycles. The Morgan fingerprint density at radius 3 is 1.31 bits per heavy atom. The molecule has 0 saturated carbocycles. The van der Waals surface area contributed by atoms with E-state index in [2.05, 4.69) is 51.5 Å². The maximum absolute atomic E-state index is 4.57. The quantitative estimate of drug-likeness (QED) is 0.770. The maximum Gasteiger partial charge on any atom is 0.0642 e. The maximum atomic E-state index is 4.57. The summed E-state index contributed by atoms with van der Waals surface area (Å²) in [5.41, 5.74) is 2.43. The number of aromatic nitrogens is 2. The monoisotopic (exact) mass is 220 g/mol. The molecule has 1 aromatic rings. The average molecular weight is 220 g/mol. The van der Waals surface area contributed by atoms with Crippen LogP contribution in [0.4, 0.5) is 0 Å². The van der Waals surface area contributed by atoms with E-state index in [0.717, 1.165) is 24.2 Å². The molecule has 0 radical (unpaired) electrons. The van der Waals surface area contributed by atoms with E-state index in [0.29, 0.717) is 0 Å². The molecule has 2 heteroatoms. The fraction of sp³-hybridized carbons (Fsp3) is 0.714. The smallest absolute Gasteiger partial charge is 0.0642 e. The lowest BCUT2D eigenvalue weighted by molar-refractivity contribution is 0.468. The number of rotatable bonds is 4. The highest BCUT2D eigenvalue weighted by molar-refractivity contribution is 5.16. The van der Waals surface area contributed by atoms with Gasteiger partial charge in [0.05, 0.1) is 11.4 Å². The molecule has 0 unspecified atom stereocenters. The van der Waals surface area contributed by atoms with E-state index in [1.807, 2.05) is 12.4 Å². The molecule has 0 spiro atoms. The van der Waals surface area contributed by atoms with E-state index >= 15 is 0 Å². The highest BCUT2D eigenvalue weighted by Crippen LogP contribution is 2.27. The topological polar surface area (TPSA) is 25.8 Å². The van der Waals surface area contributed by atoms with E-state index in [1.165, 1.54) is 0 Å². The van der Waals surface area contributed by atoms with Crippen molar-refractivity contribution >= 4 is 0 Å². The summed E-state index contributed by atoms with van der Waals surface area (Å²) < 4.78 is 0. The highest BCUT2D eigenvalue weighted by atomic mass is 14.8. The molecule has 0 atom stereocenters. The van der Waals surface area contributed by atoms with E-state index in [9.17, 15) is 0 Å². The Kier molecular flexibility index (Phi) is 3.72. The molecule has 0 amide bonds. The first kappa shape index (κ1) is 13.1. The number of hydrogen-bond acceptors (Lipinski definition) is 2. The van der Waals surface area contributed by atoms with Crippen molar-refractivity contribution in [2.24, 2.45) is 0 Å². The van der Waals surface area contributed by atoms with Crippen LogP contribution in [0.3, 0.4) is 0 Å². The SMILES string of the molecule is CCC(C)(C)c1cnc(C(C)(C)CC)cn1. The zero-order chi connectivity index (χ0) is 12.4. The van der Waals surface area contributed by atoms with Gasteiger partial charge in [-0.1, -0.05) is 41.5 Å². The Balaban J connectivity index is 3.00. The zero-order valence-corrected chi connectivity index (χ0v) is 11.5. The third kappa shape index (κ3) is 2.60. The molecule has 0 aromatic carbocycles. The Bertz CT molecular complexity index is 301. The standard InChI is InChI=1S/C14H24N2/c1-7-13(3,4)11-9-16-12(10-15-11)14(5,6)8-2/h9-10H,7-8H2,1-6H3. The molecule has 1 aromatic heterocycles. The Labute approximate surface area is 99.5 Å². The minimum Gasteiger partial charge on any atom is -0.257 e. The lowest BCUT2D eigenvalue weighted by atomic mass is 9.85. The van der Waals surface area contributed by atoms with E-state index in [-0.39, 0.29) is 10.8 Å². The molecule has 90 valence electrons. The predicted octanol–water partition coefficient (Wildman–Crippen LogP) is 3.85. The molecule has 2 nitrogen and oxygen atoms in total. The zero-order valence-electron chi connectivity index (χ0n) is 11.5. The summed E-state index contributed by atoms with van der Waals surface area (Å²) in [5.74, 6) is 0. The van der Waals surface area contributed by atoms with Crippen LogP contribution in [0.2, 0.25) is 0 Å². The third-order valence-electron chi connectivity index (χ3n) is 3.81. The summed E-state index contributed by atoms with van der Waals surface area (Å²) in [4.78, 5) is 9.15. The van der Waals surface area contributed by atoms with Gasteiger partial charge < -0.3 is 0 Å². The van der Waals surface area contributed by atoms with Crippen LogP contribution in [0.25, 0.3) is 0 Å². The molecule has 1 rings (SSSR count). The van der Waals surface area contributed by atoms with Gasteiger partial charge >= 0.3 is 0 Å². The van der Waals surface area contributed by atoms with E-state index < -0.39 is 0 Å². The van der Waals surface area contributed by atoms with Crippen molar-refractivity contribution in [2.45, 2.75) is 65.2 Å². The summed E-state index contributed by atoms with van der Waals surface area (Å²) >= 11 is 0. The first-order valence-electron chi connectivity index (χ1n) is 6.16. The van der Waals surface area contributed by atoms with Gasteiger partial charge in [0.1, 0.15) is 0 Å². The van der Waals surface area contributed by atoms with E-state index in [1.54, 1.807) is 0 Å². The van der Waals surface area contributed by atoms with Gasteiger partial charge in [0.2, 0.25) is 0 Å². The molecule has 16 heavy (non-hydrogen) atoms. The van der Waals surface area contributed by atoms with Crippen LogP contribution in [0.1, 0.15) is 65.8 Å². The largest absolute Gasteiger partial charge is 0.257 e. The molecule has 0 fully saturated rings. The fourth-order valence-corrected chi connectivity index (χ4v) is 1.39.